The smallest absolute Gasteiger partial charge is 0.0573 e. The summed E-state index contributed by atoms with van der Waals surface area (Å²) in [6.07, 6.45) is 4.19. The lowest BCUT2D eigenvalue weighted by Gasteiger charge is -2.16. The van der Waals surface area contributed by atoms with E-state index in [0.29, 0.717) is 6.04 Å². The molecule has 0 aliphatic heterocycles. The van der Waals surface area contributed by atoms with Gasteiger partial charge in [0.15, 0.2) is 0 Å². The van der Waals surface area contributed by atoms with Gasteiger partial charge in [-0.15, -0.1) is 11.8 Å². The van der Waals surface area contributed by atoms with E-state index in [9.17, 15) is 0 Å². The fourth-order valence-corrected chi connectivity index (χ4v) is 2.48. The third-order valence-electron chi connectivity index (χ3n) is 2.72. The largest absolute Gasteiger partial charge is 0.384 e. The van der Waals surface area contributed by atoms with Crippen LogP contribution in [0.25, 0.3) is 0 Å². The van der Waals surface area contributed by atoms with Gasteiger partial charge < -0.3 is 10.1 Å². The Hall–Kier alpha value is -0.580. The summed E-state index contributed by atoms with van der Waals surface area (Å²) in [5.74, 6) is 0.975. The van der Waals surface area contributed by atoms with Crippen LogP contribution in [0.2, 0.25) is 0 Å². The summed E-state index contributed by atoms with van der Waals surface area (Å²) in [7, 11) is 1.73. The van der Waals surface area contributed by atoms with Gasteiger partial charge in [-0.05, 0) is 31.5 Å². The maximum absolute atomic E-state index is 5.04. The minimum atomic E-state index is 0.378. The van der Waals surface area contributed by atoms with Gasteiger partial charge in [-0.1, -0.05) is 13.8 Å². The summed E-state index contributed by atoms with van der Waals surface area (Å²) in [6, 6.07) is 4.66. The molecule has 1 rings (SSSR count). The Kier molecular flexibility index (Phi) is 8.05. The second kappa shape index (κ2) is 9.36. The second-order valence-electron chi connectivity index (χ2n) is 4.17. The normalized spacial score (nSPS) is 12.6. The summed E-state index contributed by atoms with van der Waals surface area (Å²) in [4.78, 5) is 5.77. The van der Waals surface area contributed by atoms with Crippen molar-refractivity contribution in [3.8, 4) is 0 Å². The van der Waals surface area contributed by atoms with Gasteiger partial charge in [0.05, 0.1) is 12.3 Å². The minimum Gasteiger partial charge on any atom is -0.384 e. The monoisotopic (exact) mass is 268 g/mol. The molecule has 0 fully saturated rings. The lowest BCUT2D eigenvalue weighted by Crippen LogP contribution is -2.22. The van der Waals surface area contributed by atoms with E-state index in [2.05, 4.69) is 36.3 Å². The second-order valence-corrected chi connectivity index (χ2v) is 5.34. The number of methoxy groups -OCH3 is 1. The van der Waals surface area contributed by atoms with Crippen molar-refractivity contribution in [2.24, 2.45) is 0 Å². The van der Waals surface area contributed by atoms with Crippen molar-refractivity contribution in [3.63, 3.8) is 0 Å². The van der Waals surface area contributed by atoms with Crippen LogP contribution < -0.4 is 5.32 Å². The first-order valence-corrected chi connectivity index (χ1v) is 7.61. The molecule has 4 heteroatoms. The minimum absolute atomic E-state index is 0.378. The lowest BCUT2D eigenvalue weighted by atomic mass is 10.1. The molecule has 0 saturated carbocycles. The van der Waals surface area contributed by atoms with Crippen LogP contribution in [0.4, 0.5) is 0 Å². The van der Waals surface area contributed by atoms with Crippen molar-refractivity contribution >= 4 is 11.8 Å². The number of pyridine rings is 1. The molecule has 0 spiro atoms. The summed E-state index contributed by atoms with van der Waals surface area (Å²) < 4.78 is 5.04. The molecule has 3 nitrogen and oxygen atoms in total. The average Bonchev–Trinajstić information content (AvgIpc) is 2.41. The average molecular weight is 268 g/mol. The van der Waals surface area contributed by atoms with E-state index in [1.165, 1.54) is 4.90 Å². The van der Waals surface area contributed by atoms with E-state index >= 15 is 0 Å². The van der Waals surface area contributed by atoms with E-state index < -0.39 is 0 Å². The van der Waals surface area contributed by atoms with Crippen LogP contribution >= 0.6 is 11.8 Å². The van der Waals surface area contributed by atoms with Crippen molar-refractivity contribution in [3.05, 3.63) is 24.0 Å². The Morgan fingerprint density at radius 3 is 2.78 bits per heavy atom. The predicted octanol–water partition coefficient (Wildman–Crippen LogP) is 3.27. The molecule has 0 aromatic carbocycles. The lowest BCUT2D eigenvalue weighted by molar-refractivity contribution is 0.218. The highest BCUT2D eigenvalue weighted by Crippen LogP contribution is 2.20. The predicted molar refractivity (Wildman–Crippen MR) is 78.2 cm³/mol. The molecule has 1 aromatic rings. The Morgan fingerprint density at radius 1 is 1.39 bits per heavy atom. The number of nitrogens with one attached hydrogen (secondary N) is 1. The van der Waals surface area contributed by atoms with Gasteiger partial charge in [-0.2, -0.15) is 0 Å². The van der Waals surface area contributed by atoms with Crippen molar-refractivity contribution in [2.45, 2.75) is 37.6 Å². The van der Waals surface area contributed by atoms with Crippen LogP contribution in [0, 0.1) is 0 Å². The van der Waals surface area contributed by atoms with Crippen molar-refractivity contribution in [1.29, 1.82) is 0 Å². The van der Waals surface area contributed by atoms with Crippen LogP contribution in [0.1, 0.15) is 38.4 Å². The quantitative estimate of drug-likeness (QED) is 0.550. The highest BCUT2D eigenvalue weighted by Gasteiger charge is 2.09. The number of aromatic nitrogens is 1. The molecule has 102 valence electrons. The first kappa shape index (κ1) is 15.5. The van der Waals surface area contributed by atoms with E-state index in [-0.39, 0.29) is 0 Å². The van der Waals surface area contributed by atoms with Gasteiger partial charge in [0, 0.05) is 30.0 Å². The Labute approximate surface area is 115 Å². The van der Waals surface area contributed by atoms with Gasteiger partial charge >= 0.3 is 0 Å². The molecule has 1 atom stereocenters. The molecular weight excluding hydrogens is 244 g/mol. The molecule has 0 saturated heterocycles. The SMILES string of the molecule is CCCNC(CC)c1ccc(SCCOC)cn1. The third kappa shape index (κ3) is 5.38. The van der Waals surface area contributed by atoms with Crippen molar-refractivity contribution in [2.75, 3.05) is 26.0 Å². The molecule has 18 heavy (non-hydrogen) atoms. The van der Waals surface area contributed by atoms with Crippen LogP contribution in [0.5, 0.6) is 0 Å². The Morgan fingerprint density at radius 2 is 2.22 bits per heavy atom. The summed E-state index contributed by atoms with van der Waals surface area (Å²) in [5, 5.41) is 3.52. The molecule has 1 aromatic heterocycles. The zero-order valence-corrected chi connectivity index (χ0v) is 12.4. The molecular formula is C14H24N2OS. The Bertz CT molecular complexity index is 316. The third-order valence-corrected chi connectivity index (χ3v) is 3.67. The summed E-state index contributed by atoms with van der Waals surface area (Å²) in [6.45, 7) is 6.20. The Balaban J connectivity index is 2.51. The fraction of sp³-hybridized carbons (Fsp3) is 0.643. The molecule has 1 N–H and O–H groups in total. The first-order valence-electron chi connectivity index (χ1n) is 6.62. The van der Waals surface area contributed by atoms with E-state index in [1.807, 2.05) is 6.20 Å². The van der Waals surface area contributed by atoms with Gasteiger partial charge in [0.25, 0.3) is 0 Å². The topological polar surface area (TPSA) is 34.1 Å². The number of nitrogens with zero attached hydrogens (tertiary/aromatic N) is 1. The van der Waals surface area contributed by atoms with Crippen LogP contribution in [-0.2, 0) is 4.74 Å². The number of thioether (sulfide) groups is 1. The molecule has 1 heterocycles. The molecule has 0 aliphatic rings. The zero-order chi connectivity index (χ0) is 13.2. The van der Waals surface area contributed by atoms with Crippen molar-refractivity contribution < 1.29 is 4.74 Å². The standard InChI is InChI=1S/C14H24N2OS/c1-4-8-15-13(5-2)14-7-6-12(11-16-14)18-10-9-17-3/h6-7,11,13,15H,4-5,8-10H2,1-3H3. The first-order chi connectivity index (χ1) is 8.81. The maximum Gasteiger partial charge on any atom is 0.0573 e. The van der Waals surface area contributed by atoms with Crippen LogP contribution in [0.15, 0.2) is 23.2 Å². The molecule has 0 bridgehead atoms. The molecule has 0 aliphatic carbocycles. The van der Waals surface area contributed by atoms with Crippen molar-refractivity contribution in [1.82, 2.24) is 10.3 Å². The van der Waals surface area contributed by atoms with Gasteiger partial charge in [0.2, 0.25) is 0 Å². The fourth-order valence-electron chi connectivity index (χ4n) is 1.70. The molecule has 0 amide bonds. The number of hydrogen-bond donors (Lipinski definition) is 1. The van der Waals surface area contributed by atoms with E-state index in [4.69, 9.17) is 4.74 Å². The maximum atomic E-state index is 5.04. The number of rotatable bonds is 9. The van der Waals surface area contributed by atoms with Crippen LogP contribution in [-0.4, -0.2) is 31.0 Å². The molecule has 0 radical (unpaired) electrons. The number of ether oxygens (including phenoxy) is 1. The summed E-state index contributed by atoms with van der Waals surface area (Å²) in [5.41, 5.74) is 1.14. The van der Waals surface area contributed by atoms with Gasteiger partial charge in [0.1, 0.15) is 0 Å². The molecule has 1 unspecified atom stereocenters. The van der Waals surface area contributed by atoms with E-state index in [1.54, 1.807) is 18.9 Å². The van der Waals surface area contributed by atoms with Gasteiger partial charge in [-0.25, -0.2) is 0 Å². The van der Waals surface area contributed by atoms with Crippen LogP contribution in [0.3, 0.4) is 0 Å². The highest BCUT2D eigenvalue weighted by atomic mass is 32.2. The number of hydrogen-bond acceptors (Lipinski definition) is 4. The van der Waals surface area contributed by atoms with E-state index in [0.717, 1.165) is 37.4 Å². The summed E-state index contributed by atoms with van der Waals surface area (Å²) >= 11 is 1.78. The highest BCUT2D eigenvalue weighted by molar-refractivity contribution is 7.99. The zero-order valence-electron chi connectivity index (χ0n) is 11.6. The van der Waals surface area contributed by atoms with Gasteiger partial charge in [-0.3, -0.25) is 4.98 Å².